The summed E-state index contributed by atoms with van der Waals surface area (Å²) in [6.07, 6.45) is 2.89. The second-order valence-corrected chi connectivity index (χ2v) is 5.58. The minimum absolute atomic E-state index is 0.107. The van der Waals surface area contributed by atoms with Gasteiger partial charge in [0.15, 0.2) is 0 Å². The van der Waals surface area contributed by atoms with Gasteiger partial charge in [-0.1, -0.05) is 20.8 Å². The standard InChI is InChI=1S/C10H23NOS/c1-4-10(11,8-12)6-5-7-13-9(2)3/h9,12H,4-8,11H2,1-3H3. The molecular weight excluding hydrogens is 182 g/mol. The summed E-state index contributed by atoms with van der Waals surface area (Å²) in [6, 6.07) is 0. The molecule has 3 heteroatoms. The summed E-state index contributed by atoms with van der Waals surface area (Å²) >= 11 is 1.96. The average Bonchev–Trinajstić information content (AvgIpc) is 2.12. The monoisotopic (exact) mass is 205 g/mol. The molecule has 0 aliphatic rings. The van der Waals surface area contributed by atoms with E-state index in [9.17, 15) is 0 Å². The SMILES string of the molecule is CCC(N)(CO)CCCSC(C)C. The number of aliphatic hydroxyl groups is 1. The van der Waals surface area contributed by atoms with E-state index in [2.05, 4.69) is 13.8 Å². The Kier molecular flexibility index (Phi) is 6.82. The maximum Gasteiger partial charge on any atom is 0.0611 e. The first-order valence-corrected chi connectivity index (χ1v) is 6.10. The summed E-state index contributed by atoms with van der Waals surface area (Å²) in [5, 5.41) is 9.76. The molecule has 0 rings (SSSR count). The van der Waals surface area contributed by atoms with Crippen LogP contribution >= 0.6 is 11.8 Å². The van der Waals surface area contributed by atoms with E-state index in [0.717, 1.165) is 25.0 Å². The first-order chi connectivity index (χ1) is 6.04. The molecule has 80 valence electrons. The highest BCUT2D eigenvalue weighted by molar-refractivity contribution is 7.99. The molecule has 1 unspecified atom stereocenters. The first kappa shape index (κ1) is 13.3. The predicted molar refractivity (Wildman–Crippen MR) is 61.1 cm³/mol. The van der Waals surface area contributed by atoms with Gasteiger partial charge in [-0.3, -0.25) is 0 Å². The van der Waals surface area contributed by atoms with Crippen molar-refractivity contribution in [1.29, 1.82) is 0 Å². The average molecular weight is 205 g/mol. The van der Waals surface area contributed by atoms with E-state index in [1.807, 2.05) is 18.7 Å². The minimum atomic E-state index is -0.336. The van der Waals surface area contributed by atoms with Crippen LogP contribution in [-0.2, 0) is 0 Å². The zero-order valence-electron chi connectivity index (χ0n) is 9.05. The van der Waals surface area contributed by atoms with Crippen molar-refractivity contribution in [3.05, 3.63) is 0 Å². The Morgan fingerprint density at radius 3 is 2.46 bits per heavy atom. The van der Waals surface area contributed by atoms with E-state index in [1.165, 1.54) is 0 Å². The summed E-state index contributed by atoms with van der Waals surface area (Å²) in [4.78, 5) is 0. The molecular formula is C10H23NOS. The number of aliphatic hydroxyl groups excluding tert-OH is 1. The van der Waals surface area contributed by atoms with Crippen molar-refractivity contribution >= 4 is 11.8 Å². The molecule has 0 aromatic heterocycles. The van der Waals surface area contributed by atoms with E-state index in [0.29, 0.717) is 5.25 Å². The second kappa shape index (κ2) is 6.68. The van der Waals surface area contributed by atoms with Crippen molar-refractivity contribution in [3.8, 4) is 0 Å². The normalized spacial score (nSPS) is 16.2. The van der Waals surface area contributed by atoms with Gasteiger partial charge in [-0.05, 0) is 30.3 Å². The zero-order chi connectivity index (χ0) is 10.3. The Labute approximate surface area is 86.3 Å². The maximum absolute atomic E-state index is 9.06. The first-order valence-electron chi connectivity index (χ1n) is 5.05. The fraction of sp³-hybridized carbons (Fsp3) is 1.00. The van der Waals surface area contributed by atoms with Gasteiger partial charge in [0.25, 0.3) is 0 Å². The van der Waals surface area contributed by atoms with Crippen molar-refractivity contribution in [2.45, 2.75) is 50.8 Å². The highest BCUT2D eigenvalue weighted by Gasteiger charge is 2.20. The highest BCUT2D eigenvalue weighted by Crippen LogP contribution is 2.17. The molecule has 0 aromatic rings. The van der Waals surface area contributed by atoms with Gasteiger partial charge in [0, 0.05) is 5.54 Å². The molecule has 0 heterocycles. The predicted octanol–water partition coefficient (Wildman–Crippen LogP) is 2.01. The fourth-order valence-corrected chi connectivity index (χ4v) is 1.89. The molecule has 0 bridgehead atoms. The highest BCUT2D eigenvalue weighted by atomic mass is 32.2. The molecule has 1 atom stereocenters. The zero-order valence-corrected chi connectivity index (χ0v) is 9.86. The van der Waals surface area contributed by atoms with Crippen molar-refractivity contribution in [2.75, 3.05) is 12.4 Å². The van der Waals surface area contributed by atoms with Crippen LogP contribution in [0.3, 0.4) is 0 Å². The molecule has 13 heavy (non-hydrogen) atoms. The molecule has 0 aromatic carbocycles. The summed E-state index contributed by atoms with van der Waals surface area (Å²) < 4.78 is 0. The van der Waals surface area contributed by atoms with Crippen LogP contribution in [0.25, 0.3) is 0 Å². The van der Waals surface area contributed by atoms with Crippen molar-refractivity contribution in [3.63, 3.8) is 0 Å². The number of rotatable bonds is 7. The van der Waals surface area contributed by atoms with Gasteiger partial charge in [-0.2, -0.15) is 11.8 Å². The Morgan fingerprint density at radius 2 is 2.08 bits per heavy atom. The lowest BCUT2D eigenvalue weighted by atomic mass is 9.93. The quantitative estimate of drug-likeness (QED) is 0.625. The van der Waals surface area contributed by atoms with E-state index in [4.69, 9.17) is 10.8 Å². The van der Waals surface area contributed by atoms with Gasteiger partial charge in [-0.25, -0.2) is 0 Å². The Morgan fingerprint density at radius 1 is 1.46 bits per heavy atom. The van der Waals surface area contributed by atoms with Gasteiger partial charge in [0.1, 0.15) is 0 Å². The van der Waals surface area contributed by atoms with Crippen LogP contribution in [0, 0.1) is 0 Å². The van der Waals surface area contributed by atoms with Gasteiger partial charge in [0.05, 0.1) is 6.61 Å². The van der Waals surface area contributed by atoms with Crippen LogP contribution in [-0.4, -0.2) is 28.3 Å². The maximum atomic E-state index is 9.06. The summed E-state index contributed by atoms with van der Waals surface area (Å²) in [6.45, 7) is 6.54. The molecule has 0 spiro atoms. The number of nitrogens with two attached hydrogens (primary N) is 1. The van der Waals surface area contributed by atoms with Crippen molar-refractivity contribution in [2.24, 2.45) is 5.73 Å². The van der Waals surface area contributed by atoms with Gasteiger partial charge >= 0.3 is 0 Å². The third kappa shape index (κ3) is 6.36. The molecule has 3 N–H and O–H groups in total. The van der Waals surface area contributed by atoms with Crippen LogP contribution in [0.4, 0.5) is 0 Å². The van der Waals surface area contributed by atoms with Crippen LogP contribution in [0.2, 0.25) is 0 Å². The molecule has 0 saturated heterocycles. The molecule has 0 aliphatic heterocycles. The molecule has 0 fully saturated rings. The van der Waals surface area contributed by atoms with E-state index in [-0.39, 0.29) is 12.1 Å². The van der Waals surface area contributed by atoms with Crippen LogP contribution in [0.5, 0.6) is 0 Å². The van der Waals surface area contributed by atoms with Gasteiger partial charge in [0.2, 0.25) is 0 Å². The lowest BCUT2D eigenvalue weighted by molar-refractivity contribution is 0.182. The number of hydrogen-bond acceptors (Lipinski definition) is 3. The van der Waals surface area contributed by atoms with Gasteiger partial charge < -0.3 is 10.8 Å². The van der Waals surface area contributed by atoms with Crippen molar-refractivity contribution in [1.82, 2.24) is 0 Å². The third-order valence-electron chi connectivity index (χ3n) is 2.29. The largest absolute Gasteiger partial charge is 0.394 e. The Hall–Kier alpha value is 0.270. The third-order valence-corrected chi connectivity index (χ3v) is 3.48. The Bertz CT molecular complexity index is 124. The summed E-state index contributed by atoms with van der Waals surface area (Å²) in [5.41, 5.74) is 5.62. The Balaban J connectivity index is 3.50. The lowest BCUT2D eigenvalue weighted by Crippen LogP contribution is -2.42. The summed E-state index contributed by atoms with van der Waals surface area (Å²) in [5.74, 6) is 1.15. The van der Waals surface area contributed by atoms with Crippen molar-refractivity contribution < 1.29 is 5.11 Å². The van der Waals surface area contributed by atoms with Crippen LogP contribution < -0.4 is 5.73 Å². The van der Waals surface area contributed by atoms with E-state index >= 15 is 0 Å². The molecule has 0 amide bonds. The van der Waals surface area contributed by atoms with Crippen LogP contribution in [0.1, 0.15) is 40.0 Å². The fourth-order valence-electron chi connectivity index (χ4n) is 1.11. The van der Waals surface area contributed by atoms with Crippen LogP contribution in [0.15, 0.2) is 0 Å². The van der Waals surface area contributed by atoms with Gasteiger partial charge in [-0.15, -0.1) is 0 Å². The second-order valence-electron chi connectivity index (χ2n) is 3.90. The smallest absolute Gasteiger partial charge is 0.0611 e. The minimum Gasteiger partial charge on any atom is -0.394 e. The molecule has 0 saturated carbocycles. The molecule has 0 aliphatic carbocycles. The van der Waals surface area contributed by atoms with E-state index < -0.39 is 0 Å². The molecule has 2 nitrogen and oxygen atoms in total. The summed E-state index contributed by atoms with van der Waals surface area (Å²) in [7, 11) is 0. The number of thioether (sulfide) groups is 1. The number of hydrogen-bond donors (Lipinski definition) is 2. The topological polar surface area (TPSA) is 46.2 Å². The molecule has 0 radical (unpaired) electrons. The van der Waals surface area contributed by atoms with E-state index in [1.54, 1.807) is 0 Å². The lowest BCUT2D eigenvalue weighted by Gasteiger charge is -2.25.